The van der Waals surface area contributed by atoms with E-state index in [1.165, 1.54) is 45.2 Å². The largest absolute Gasteiger partial charge is 0.381 e. The second-order valence-corrected chi connectivity index (χ2v) is 8.76. The van der Waals surface area contributed by atoms with Gasteiger partial charge >= 0.3 is 0 Å². The van der Waals surface area contributed by atoms with Crippen LogP contribution in [0.2, 0.25) is 0 Å². The molecule has 7 heteroatoms. The van der Waals surface area contributed by atoms with E-state index < -0.39 is 0 Å². The fourth-order valence-corrected chi connectivity index (χ4v) is 5.13. The maximum Gasteiger partial charge on any atom is 0.191 e. The van der Waals surface area contributed by atoms with E-state index >= 15 is 0 Å². The number of ether oxygens (including phenoxy) is 1. The van der Waals surface area contributed by atoms with Gasteiger partial charge in [-0.3, -0.25) is 9.89 Å². The molecule has 0 radical (unpaired) electrons. The Kier molecular flexibility index (Phi) is 9.11. The number of halogens is 1. The first kappa shape index (κ1) is 21.6. The minimum Gasteiger partial charge on any atom is -0.381 e. The minimum atomic E-state index is 0. The lowest BCUT2D eigenvalue weighted by atomic mass is 9.99. The van der Waals surface area contributed by atoms with Crippen LogP contribution >= 0.6 is 35.7 Å². The van der Waals surface area contributed by atoms with Crippen LogP contribution in [0.1, 0.15) is 44.9 Å². The summed E-state index contributed by atoms with van der Waals surface area (Å²) in [4.78, 5) is 7.15. The lowest BCUT2D eigenvalue weighted by Gasteiger charge is -2.36. The van der Waals surface area contributed by atoms with Gasteiger partial charge in [-0.15, -0.1) is 24.0 Å². The van der Waals surface area contributed by atoms with Crippen LogP contribution in [0.3, 0.4) is 0 Å². The molecule has 3 fully saturated rings. The van der Waals surface area contributed by atoms with Gasteiger partial charge < -0.3 is 15.4 Å². The molecule has 2 saturated heterocycles. The molecule has 3 aliphatic rings. The van der Waals surface area contributed by atoms with Crippen molar-refractivity contribution < 1.29 is 4.74 Å². The Balaban J connectivity index is 0.00000225. The molecule has 1 saturated carbocycles. The molecule has 0 amide bonds. The molecule has 1 unspecified atom stereocenters. The first-order valence-electron chi connectivity index (χ1n) is 9.59. The molecule has 2 heterocycles. The van der Waals surface area contributed by atoms with Gasteiger partial charge in [-0.2, -0.15) is 11.8 Å². The van der Waals surface area contributed by atoms with Crippen molar-refractivity contribution in [3.8, 4) is 0 Å². The molecule has 2 N–H and O–H groups in total. The topological polar surface area (TPSA) is 48.9 Å². The van der Waals surface area contributed by atoms with Gasteiger partial charge in [0.2, 0.25) is 0 Å². The second kappa shape index (κ2) is 10.6. The Bertz CT molecular complexity index is 425. The number of aliphatic imine (C=N–C) groups is 1. The van der Waals surface area contributed by atoms with Gasteiger partial charge in [-0.05, 0) is 38.4 Å². The molecule has 0 aromatic rings. The van der Waals surface area contributed by atoms with Crippen LogP contribution in [0.25, 0.3) is 0 Å². The molecule has 5 nitrogen and oxygen atoms in total. The van der Waals surface area contributed by atoms with Gasteiger partial charge in [-0.25, -0.2) is 0 Å². The molecule has 0 spiro atoms. The summed E-state index contributed by atoms with van der Waals surface area (Å²) in [5.41, 5.74) is 0. The van der Waals surface area contributed by atoms with Crippen molar-refractivity contribution in [2.24, 2.45) is 4.99 Å². The van der Waals surface area contributed by atoms with Gasteiger partial charge in [0.05, 0.1) is 0 Å². The van der Waals surface area contributed by atoms with Crippen LogP contribution in [0.5, 0.6) is 0 Å². The van der Waals surface area contributed by atoms with Gasteiger partial charge in [0.15, 0.2) is 5.96 Å². The standard InChI is InChI=1S/C18H34N4OS.HI/c1-19-17(20-14-18(24-2)8-11-23-12-9-18)21-15-7-10-22(13-15)16-5-3-4-6-16;/h15-16H,3-14H2,1-2H3,(H2,19,20,21);1H. The summed E-state index contributed by atoms with van der Waals surface area (Å²) in [6.07, 6.45) is 11.3. The van der Waals surface area contributed by atoms with Crippen molar-refractivity contribution in [1.82, 2.24) is 15.5 Å². The van der Waals surface area contributed by atoms with E-state index in [1.54, 1.807) is 0 Å². The first-order valence-corrected chi connectivity index (χ1v) is 10.8. The van der Waals surface area contributed by atoms with Crippen molar-refractivity contribution in [3.05, 3.63) is 0 Å². The van der Waals surface area contributed by atoms with E-state index in [-0.39, 0.29) is 24.0 Å². The zero-order valence-corrected chi connectivity index (χ0v) is 18.9. The van der Waals surface area contributed by atoms with E-state index in [0.717, 1.165) is 44.6 Å². The first-order chi connectivity index (χ1) is 11.7. The maximum atomic E-state index is 5.54. The molecular weight excluding hydrogens is 447 g/mol. The summed E-state index contributed by atoms with van der Waals surface area (Å²) in [6, 6.07) is 1.38. The quantitative estimate of drug-likeness (QED) is 0.359. The van der Waals surface area contributed by atoms with Crippen molar-refractivity contribution in [1.29, 1.82) is 0 Å². The SMILES string of the molecule is CN=C(NCC1(SC)CCOCC1)NC1CCN(C2CCCC2)C1.I. The van der Waals surface area contributed by atoms with Crippen LogP contribution in [-0.4, -0.2) is 73.8 Å². The fourth-order valence-electron chi connectivity index (χ4n) is 4.34. The highest BCUT2D eigenvalue weighted by Gasteiger charge is 2.33. The van der Waals surface area contributed by atoms with Crippen molar-refractivity contribution in [2.45, 2.75) is 61.8 Å². The third-order valence-corrected chi connectivity index (χ3v) is 7.46. The van der Waals surface area contributed by atoms with Crippen LogP contribution in [0, 0.1) is 0 Å². The second-order valence-electron chi connectivity index (χ2n) is 7.49. The number of nitrogens with zero attached hydrogens (tertiary/aromatic N) is 2. The van der Waals surface area contributed by atoms with E-state index in [9.17, 15) is 0 Å². The lowest BCUT2D eigenvalue weighted by Crippen LogP contribution is -2.50. The van der Waals surface area contributed by atoms with Crippen LogP contribution in [0.15, 0.2) is 4.99 Å². The van der Waals surface area contributed by atoms with Crippen LogP contribution < -0.4 is 10.6 Å². The van der Waals surface area contributed by atoms with Gasteiger partial charge in [0.1, 0.15) is 0 Å². The molecule has 2 aliphatic heterocycles. The molecule has 1 atom stereocenters. The smallest absolute Gasteiger partial charge is 0.191 e. The van der Waals surface area contributed by atoms with E-state index in [4.69, 9.17) is 4.74 Å². The van der Waals surface area contributed by atoms with Gasteiger partial charge in [0.25, 0.3) is 0 Å². The zero-order valence-electron chi connectivity index (χ0n) is 15.8. The predicted molar refractivity (Wildman–Crippen MR) is 118 cm³/mol. The number of rotatable bonds is 5. The van der Waals surface area contributed by atoms with Crippen LogP contribution in [-0.2, 0) is 4.74 Å². The van der Waals surface area contributed by atoms with Crippen molar-refractivity contribution >= 4 is 41.7 Å². The maximum absolute atomic E-state index is 5.54. The highest BCUT2D eigenvalue weighted by molar-refractivity contribution is 14.0. The number of thioether (sulfide) groups is 1. The molecule has 0 aromatic carbocycles. The number of hydrogen-bond acceptors (Lipinski definition) is 4. The van der Waals surface area contributed by atoms with Crippen LogP contribution in [0.4, 0.5) is 0 Å². The number of hydrogen-bond donors (Lipinski definition) is 2. The summed E-state index contributed by atoms with van der Waals surface area (Å²) in [6.45, 7) is 5.15. The molecule has 3 rings (SSSR count). The Morgan fingerprint density at radius 1 is 1.24 bits per heavy atom. The summed E-state index contributed by atoms with van der Waals surface area (Å²) in [7, 11) is 1.88. The number of nitrogens with one attached hydrogen (secondary N) is 2. The average Bonchev–Trinajstić information content (AvgIpc) is 3.30. The minimum absolute atomic E-state index is 0. The monoisotopic (exact) mass is 482 g/mol. The third kappa shape index (κ3) is 5.87. The Labute approximate surface area is 174 Å². The summed E-state index contributed by atoms with van der Waals surface area (Å²) in [5, 5.41) is 7.24. The molecule has 0 bridgehead atoms. The lowest BCUT2D eigenvalue weighted by molar-refractivity contribution is 0.0782. The summed E-state index contributed by atoms with van der Waals surface area (Å²) >= 11 is 1.97. The Morgan fingerprint density at radius 3 is 2.60 bits per heavy atom. The van der Waals surface area contributed by atoms with E-state index in [2.05, 4.69) is 26.8 Å². The summed E-state index contributed by atoms with van der Waals surface area (Å²) < 4.78 is 5.83. The number of guanidine groups is 1. The molecular formula is C18H35IN4OS. The molecule has 1 aliphatic carbocycles. The predicted octanol–water partition coefficient (Wildman–Crippen LogP) is 2.70. The van der Waals surface area contributed by atoms with Gasteiger partial charge in [-0.1, -0.05) is 12.8 Å². The van der Waals surface area contributed by atoms with E-state index in [1.807, 2.05) is 18.8 Å². The third-order valence-electron chi connectivity index (χ3n) is 6.04. The van der Waals surface area contributed by atoms with Gasteiger partial charge in [0, 0.05) is 56.7 Å². The molecule has 0 aromatic heterocycles. The molecule has 25 heavy (non-hydrogen) atoms. The number of likely N-dealkylation sites (tertiary alicyclic amines) is 1. The average molecular weight is 482 g/mol. The normalized spacial score (nSPS) is 27.9. The Morgan fingerprint density at radius 2 is 1.96 bits per heavy atom. The Hall–Kier alpha value is 0.270. The molecule has 146 valence electrons. The fraction of sp³-hybridized carbons (Fsp3) is 0.944. The highest BCUT2D eigenvalue weighted by atomic mass is 127. The van der Waals surface area contributed by atoms with Crippen molar-refractivity contribution in [2.75, 3.05) is 46.2 Å². The highest BCUT2D eigenvalue weighted by Crippen LogP contribution is 2.33. The summed E-state index contributed by atoms with van der Waals surface area (Å²) in [5.74, 6) is 0.966. The zero-order chi connectivity index (χ0) is 16.8. The van der Waals surface area contributed by atoms with E-state index in [0.29, 0.717) is 10.8 Å². The van der Waals surface area contributed by atoms with Crippen molar-refractivity contribution in [3.63, 3.8) is 0 Å².